The fourth-order valence-corrected chi connectivity index (χ4v) is 1.07. The Kier molecular flexibility index (Phi) is 1.93. The fourth-order valence-electron chi connectivity index (χ4n) is 1.07. The van der Waals surface area contributed by atoms with E-state index in [9.17, 15) is 0 Å². The van der Waals surface area contributed by atoms with Gasteiger partial charge in [-0.3, -0.25) is 4.99 Å². The van der Waals surface area contributed by atoms with E-state index in [-0.39, 0.29) is 0 Å². The second-order valence-corrected chi connectivity index (χ2v) is 3.97. The van der Waals surface area contributed by atoms with Gasteiger partial charge in [0.1, 0.15) is 0 Å². The van der Waals surface area contributed by atoms with Crippen molar-refractivity contribution in [2.45, 2.75) is 27.2 Å². The summed E-state index contributed by atoms with van der Waals surface area (Å²) in [6.07, 6.45) is 5.34. The van der Waals surface area contributed by atoms with E-state index in [4.69, 9.17) is 0 Å². The average molecular weight is 137 g/mol. The van der Waals surface area contributed by atoms with Gasteiger partial charge in [-0.15, -0.1) is 0 Å². The number of rotatable bonds is 1. The zero-order valence-corrected chi connectivity index (χ0v) is 7.02. The molecule has 0 radical (unpaired) electrons. The van der Waals surface area contributed by atoms with Crippen molar-refractivity contribution in [1.82, 2.24) is 0 Å². The Hall–Kier alpha value is -0.590. The summed E-state index contributed by atoms with van der Waals surface area (Å²) in [5, 5.41) is 0. The van der Waals surface area contributed by atoms with Crippen LogP contribution in [-0.2, 0) is 0 Å². The first-order valence-corrected chi connectivity index (χ1v) is 3.78. The molecule has 0 spiro atoms. The maximum Gasteiger partial charge on any atom is 0.0577 e. The molecule has 0 saturated heterocycles. The highest BCUT2D eigenvalue weighted by molar-refractivity contribution is 5.96. The maximum absolute atomic E-state index is 4.33. The van der Waals surface area contributed by atoms with Crippen LogP contribution in [0.4, 0.5) is 0 Å². The number of aliphatic imine (C=N–C) groups is 1. The van der Waals surface area contributed by atoms with Crippen molar-refractivity contribution < 1.29 is 0 Å². The van der Waals surface area contributed by atoms with Gasteiger partial charge >= 0.3 is 0 Å². The van der Waals surface area contributed by atoms with Crippen molar-refractivity contribution in [3.63, 3.8) is 0 Å². The predicted molar refractivity (Wildman–Crippen MR) is 45.5 cm³/mol. The second kappa shape index (κ2) is 2.57. The highest BCUT2D eigenvalue weighted by Gasteiger charge is 2.13. The summed E-state index contributed by atoms with van der Waals surface area (Å²) in [4.78, 5) is 4.33. The van der Waals surface area contributed by atoms with Gasteiger partial charge < -0.3 is 0 Å². The first kappa shape index (κ1) is 7.52. The zero-order valence-electron chi connectivity index (χ0n) is 7.02. The maximum atomic E-state index is 4.33. The predicted octanol–water partition coefficient (Wildman–Crippen LogP) is 2.43. The molecule has 0 amide bonds. The van der Waals surface area contributed by atoms with Crippen LogP contribution in [0.15, 0.2) is 17.1 Å². The topological polar surface area (TPSA) is 12.4 Å². The molecule has 0 aromatic heterocycles. The van der Waals surface area contributed by atoms with E-state index in [2.05, 4.69) is 37.9 Å². The first-order valence-electron chi connectivity index (χ1n) is 3.78. The summed E-state index contributed by atoms with van der Waals surface area (Å²) in [6, 6.07) is 0. The third-order valence-corrected chi connectivity index (χ3v) is 1.42. The Morgan fingerprint density at radius 3 is 2.60 bits per heavy atom. The minimum Gasteiger partial charge on any atom is -0.286 e. The van der Waals surface area contributed by atoms with Gasteiger partial charge in [-0.1, -0.05) is 26.8 Å². The van der Waals surface area contributed by atoms with Crippen LogP contribution in [0.2, 0.25) is 0 Å². The Labute approximate surface area is 62.9 Å². The van der Waals surface area contributed by atoms with Crippen molar-refractivity contribution in [2.24, 2.45) is 10.4 Å². The van der Waals surface area contributed by atoms with E-state index in [1.165, 1.54) is 5.71 Å². The van der Waals surface area contributed by atoms with Crippen LogP contribution in [0.25, 0.3) is 0 Å². The minimum atomic E-state index is 0.382. The Balaban J connectivity index is 2.46. The molecule has 56 valence electrons. The standard InChI is InChI=1S/C9H15N/c1-9(2,3)7-8-5-4-6-10-8/h4-5H,6-7H2,1-3H3. The molecule has 0 atom stereocenters. The van der Waals surface area contributed by atoms with E-state index in [1.54, 1.807) is 0 Å². The Morgan fingerprint density at radius 1 is 1.50 bits per heavy atom. The molecule has 1 heterocycles. The van der Waals surface area contributed by atoms with Crippen LogP contribution < -0.4 is 0 Å². The SMILES string of the molecule is CC(C)(C)CC1=NCC=C1. The van der Waals surface area contributed by atoms with E-state index >= 15 is 0 Å². The van der Waals surface area contributed by atoms with Crippen molar-refractivity contribution in [3.05, 3.63) is 12.2 Å². The fraction of sp³-hybridized carbons (Fsp3) is 0.667. The second-order valence-electron chi connectivity index (χ2n) is 3.97. The molecule has 1 aliphatic heterocycles. The highest BCUT2D eigenvalue weighted by Crippen LogP contribution is 2.20. The molecule has 1 nitrogen and oxygen atoms in total. The summed E-state index contributed by atoms with van der Waals surface area (Å²) in [6.45, 7) is 7.61. The molecular formula is C9H15N. The third-order valence-electron chi connectivity index (χ3n) is 1.42. The molecule has 1 heteroatoms. The van der Waals surface area contributed by atoms with Gasteiger partial charge in [-0.2, -0.15) is 0 Å². The molecule has 0 aromatic carbocycles. The molecule has 0 aromatic rings. The van der Waals surface area contributed by atoms with Crippen LogP contribution in [0.1, 0.15) is 27.2 Å². The number of hydrogen-bond acceptors (Lipinski definition) is 1. The van der Waals surface area contributed by atoms with E-state index in [0.29, 0.717) is 5.41 Å². The van der Waals surface area contributed by atoms with Gasteiger partial charge in [0.15, 0.2) is 0 Å². The van der Waals surface area contributed by atoms with Crippen LogP contribution in [0, 0.1) is 5.41 Å². The Morgan fingerprint density at radius 2 is 2.20 bits per heavy atom. The van der Waals surface area contributed by atoms with Crippen molar-refractivity contribution in [3.8, 4) is 0 Å². The van der Waals surface area contributed by atoms with Gasteiger partial charge in [0, 0.05) is 5.71 Å². The van der Waals surface area contributed by atoms with Crippen molar-refractivity contribution in [1.29, 1.82) is 0 Å². The zero-order chi connectivity index (χ0) is 7.61. The average Bonchev–Trinajstić information content (AvgIpc) is 2.12. The summed E-state index contributed by atoms with van der Waals surface area (Å²) < 4.78 is 0. The normalized spacial score (nSPS) is 17.7. The van der Waals surface area contributed by atoms with E-state index in [1.807, 2.05) is 0 Å². The number of nitrogens with zero attached hydrogens (tertiary/aromatic N) is 1. The molecule has 0 bridgehead atoms. The highest BCUT2D eigenvalue weighted by atomic mass is 14.7. The molecule has 0 fully saturated rings. The van der Waals surface area contributed by atoms with Gasteiger partial charge in [0.25, 0.3) is 0 Å². The lowest BCUT2D eigenvalue weighted by Gasteiger charge is -2.16. The smallest absolute Gasteiger partial charge is 0.0577 e. The van der Waals surface area contributed by atoms with Crippen LogP contribution in [0.3, 0.4) is 0 Å². The first-order chi connectivity index (χ1) is 4.58. The van der Waals surface area contributed by atoms with Crippen molar-refractivity contribution in [2.75, 3.05) is 6.54 Å². The molecule has 10 heavy (non-hydrogen) atoms. The molecule has 0 aliphatic carbocycles. The lowest BCUT2D eigenvalue weighted by molar-refractivity contribution is 0.434. The monoisotopic (exact) mass is 137 g/mol. The summed E-state index contributed by atoms with van der Waals surface area (Å²) in [5.74, 6) is 0. The number of allylic oxidation sites excluding steroid dienone is 1. The summed E-state index contributed by atoms with van der Waals surface area (Å²) in [5.41, 5.74) is 1.64. The molecule has 0 N–H and O–H groups in total. The lowest BCUT2D eigenvalue weighted by atomic mass is 9.90. The molecular weight excluding hydrogens is 122 g/mol. The molecule has 0 saturated carbocycles. The third kappa shape index (κ3) is 2.34. The summed E-state index contributed by atoms with van der Waals surface area (Å²) >= 11 is 0. The van der Waals surface area contributed by atoms with Crippen LogP contribution in [-0.4, -0.2) is 12.3 Å². The van der Waals surface area contributed by atoms with Gasteiger partial charge in [0.05, 0.1) is 6.54 Å². The molecule has 1 rings (SSSR count). The lowest BCUT2D eigenvalue weighted by Crippen LogP contribution is -2.10. The van der Waals surface area contributed by atoms with Gasteiger partial charge in [0.2, 0.25) is 0 Å². The van der Waals surface area contributed by atoms with Gasteiger partial charge in [-0.25, -0.2) is 0 Å². The van der Waals surface area contributed by atoms with Crippen LogP contribution in [0.5, 0.6) is 0 Å². The Bertz CT molecular complexity index is 170. The van der Waals surface area contributed by atoms with E-state index < -0.39 is 0 Å². The number of hydrogen-bond donors (Lipinski definition) is 0. The minimum absolute atomic E-state index is 0.382. The largest absolute Gasteiger partial charge is 0.286 e. The van der Waals surface area contributed by atoms with E-state index in [0.717, 1.165) is 13.0 Å². The quantitative estimate of drug-likeness (QED) is 0.526. The molecule has 0 unspecified atom stereocenters. The summed E-state index contributed by atoms with van der Waals surface area (Å²) in [7, 11) is 0. The van der Waals surface area contributed by atoms with Gasteiger partial charge in [-0.05, 0) is 17.9 Å². The van der Waals surface area contributed by atoms with Crippen molar-refractivity contribution >= 4 is 5.71 Å². The van der Waals surface area contributed by atoms with Crippen LogP contribution >= 0.6 is 0 Å². The molecule has 1 aliphatic rings.